The molecule has 1 unspecified atom stereocenters. The predicted molar refractivity (Wildman–Crippen MR) is 64.8 cm³/mol. The highest BCUT2D eigenvalue weighted by Crippen LogP contribution is 2.53. The zero-order valence-corrected chi connectivity index (χ0v) is 11.8. The maximum atomic E-state index is 12.3. The summed E-state index contributed by atoms with van der Waals surface area (Å²) >= 11 is 0. The number of Topliss-reactive ketones (excluding diaryl/α,β-unsaturated/α-hetero) is 1. The number of hydrogen-bond acceptors (Lipinski definition) is 4. The quantitative estimate of drug-likeness (QED) is 0.620. The van der Waals surface area contributed by atoms with Gasteiger partial charge in [-0.1, -0.05) is 13.8 Å². The van der Waals surface area contributed by atoms with E-state index in [1.165, 1.54) is 0 Å². The van der Waals surface area contributed by atoms with Crippen molar-refractivity contribution >= 4 is 13.4 Å². The van der Waals surface area contributed by atoms with Crippen LogP contribution in [0.25, 0.3) is 0 Å². The normalized spacial score (nSPS) is 14.1. The third-order valence-corrected chi connectivity index (χ3v) is 4.64. The molecule has 0 amide bonds. The molecule has 0 aromatic carbocycles. The lowest BCUT2D eigenvalue weighted by molar-refractivity contribution is -0.119. The second-order valence-electron chi connectivity index (χ2n) is 4.12. The molecule has 0 spiro atoms. The molecule has 0 aliphatic carbocycles. The van der Waals surface area contributed by atoms with Crippen LogP contribution in [-0.2, 0) is 18.4 Å². The van der Waals surface area contributed by atoms with Gasteiger partial charge in [0.15, 0.2) is 0 Å². The molecule has 0 aromatic rings. The summed E-state index contributed by atoms with van der Waals surface area (Å²) in [6.07, 6.45) is 0.408. The summed E-state index contributed by atoms with van der Waals surface area (Å²) in [6, 6.07) is 0. The topological polar surface area (TPSA) is 52.6 Å². The van der Waals surface area contributed by atoms with Gasteiger partial charge >= 0.3 is 7.60 Å². The van der Waals surface area contributed by atoms with Crippen molar-refractivity contribution in [2.75, 3.05) is 13.2 Å². The summed E-state index contributed by atoms with van der Waals surface area (Å²) in [4.78, 5) is 11.8. The van der Waals surface area contributed by atoms with Crippen molar-refractivity contribution in [1.29, 1.82) is 0 Å². The van der Waals surface area contributed by atoms with Gasteiger partial charge in [-0.3, -0.25) is 9.36 Å². The number of ketones is 1. The van der Waals surface area contributed by atoms with Crippen LogP contribution in [0.1, 0.15) is 41.0 Å². The van der Waals surface area contributed by atoms with Crippen LogP contribution in [-0.4, -0.2) is 24.7 Å². The van der Waals surface area contributed by atoms with E-state index < -0.39 is 13.3 Å². The largest absolute Gasteiger partial charge is 0.340 e. The van der Waals surface area contributed by atoms with Crippen LogP contribution in [0.4, 0.5) is 0 Å². The van der Waals surface area contributed by atoms with Gasteiger partial charge in [-0.25, -0.2) is 0 Å². The van der Waals surface area contributed by atoms with Crippen LogP contribution in [0, 0.1) is 5.92 Å². The van der Waals surface area contributed by atoms with E-state index in [1.807, 2.05) is 13.8 Å². The fourth-order valence-electron chi connectivity index (χ4n) is 1.37. The van der Waals surface area contributed by atoms with Crippen molar-refractivity contribution in [2.45, 2.75) is 46.7 Å². The van der Waals surface area contributed by atoms with Crippen molar-refractivity contribution in [3.05, 3.63) is 0 Å². The first kappa shape index (κ1) is 15.8. The van der Waals surface area contributed by atoms with Crippen LogP contribution in [0.2, 0.25) is 0 Å². The average Bonchev–Trinajstić information content (AvgIpc) is 2.16. The van der Waals surface area contributed by atoms with Gasteiger partial charge < -0.3 is 9.05 Å². The van der Waals surface area contributed by atoms with Gasteiger partial charge in [0.25, 0.3) is 0 Å². The van der Waals surface area contributed by atoms with E-state index in [0.717, 1.165) is 0 Å². The van der Waals surface area contributed by atoms with E-state index in [-0.39, 0.29) is 24.9 Å². The molecule has 0 saturated heterocycles. The third kappa shape index (κ3) is 4.77. The van der Waals surface area contributed by atoms with E-state index in [2.05, 4.69) is 0 Å². The first-order valence-corrected chi connectivity index (χ1v) is 7.40. The molecule has 0 saturated carbocycles. The van der Waals surface area contributed by atoms with E-state index >= 15 is 0 Å². The molecule has 0 heterocycles. The lowest BCUT2D eigenvalue weighted by atomic mass is 10.1. The van der Waals surface area contributed by atoms with E-state index in [9.17, 15) is 9.36 Å². The van der Waals surface area contributed by atoms with Gasteiger partial charge in [0.1, 0.15) is 11.4 Å². The zero-order chi connectivity index (χ0) is 12.8. The fourth-order valence-corrected chi connectivity index (χ4v) is 3.07. The minimum atomic E-state index is -3.27. The Labute approximate surface area is 98.2 Å². The molecule has 5 heteroatoms. The Morgan fingerprint density at radius 2 is 1.56 bits per heavy atom. The molecule has 0 aliphatic rings. The molecule has 0 aromatic heterocycles. The minimum absolute atomic E-state index is 0.0553. The zero-order valence-electron chi connectivity index (χ0n) is 10.9. The highest BCUT2D eigenvalue weighted by atomic mass is 31.2. The summed E-state index contributed by atoms with van der Waals surface area (Å²) in [7, 11) is -3.27. The Morgan fingerprint density at radius 1 is 1.12 bits per heavy atom. The molecule has 0 rings (SSSR count). The van der Waals surface area contributed by atoms with Gasteiger partial charge in [0.2, 0.25) is 0 Å². The fraction of sp³-hybridized carbons (Fsp3) is 0.909. The van der Waals surface area contributed by atoms with E-state index in [0.29, 0.717) is 6.42 Å². The van der Waals surface area contributed by atoms with E-state index in [4.69, 9.17) is 9.05 Å². The first-order valence-electron chi connectivity index (χ1n) is 5.78. The number of carbonyl (C=O) groups excluding carboxylic acids is 1. The summed E-state index contributed by atoms with van der Waals surface area (Å²) in [5, 5.41) is 0. The number of rotatable bonds is 8. The SMILES string of the molecule is CCOP(=O)(OCC)C(C)C(=O)CC(C)C. The first-order chi connectivity index (χ1) is 7.37. The Balaban J connectivity index is 4.66. The van der Waals surface area contributed by atoms with Crippen molar-refractivity contribution in [3.8, 4) is 0 Å². The lowest BCUT2D eigenvalue weighted by Gasteiger charge is -2.22. The molecular formula is C11H23O4P. The second kappa shape index (κ2) is 7.21. The van der Waals surface area contributed by atoms with Gasteiger partial charge in [-0.2, -0.15) is 0 Å². The molecule has 4 nitrogen and oxygen atoms in total. The maximum Gasteiger partial charge on any atom is 0.340 e. The Kier molecular flexibility index (Phi) is 7.12. The maximum absolute atomic E-state index is 12.3. The molecule has 16 heavy (non-hydrogen) atoms. The van der Waals surface area contributed by atoms with Crippen LogP contribution in [0.3, 0.4) is 0 Å². The monoisotopic (exact) mass is 250 g/mol. The highest BCUT2D eigenvalue weighted by molar-refractivity contribution is 7.55. The Hall–Kier alpha value is -0.180. The summed E-state index contributed by atoms with van der Waals surface area (Å²) in [5.74, 6) is 0.201. The summed E-state index contributed by atoms with van der Waals surface area (Å²) < 4.78 is 22.6. The molecule has 0 N–H and O–H groups in total. The molecule has 0 bridgehead atoms. The van der Waals surface area contributed by atoms with Crippen molar-refractivity contribution in [2.24, 2.45) is 5.92 Å². The number of hydrogen-bond donors (Lipinski definition) is 0. The van der Waals surface area contributed by atoms with Gasteiger partial charge in [-0.05, 0) is 26.7 Å². The molecule has 96 valence electrons. The summed E-state index contributed by atoms with van der Waals surface area (Å²) in [6.45, 7) is 9.59. The van der Waals surface area contributed by atoms with Crippen LogP contribution in [0.15, 0.2) is 0 Å². The van der Waals surface area contributed by atoms with Gasteiger partial charge in [-0.15, -0.1) is 0 Å². The Morgan fingerprint density at radius 3 is 1.88 bits per heavy atom. The van der Waals surface area contributed by atoms with Crippen molar-refractivity contribution < 1.29 is 18.4 Å². The summed E-state index contributed by atoms with van der Waals surface area (Å²) in [5.41, 5.74) is -0.671. The van der Waals surface area contributed by atoms with E-state index in [1.54, 1.807) is 20.8 Å². The molecule has 1 atom stereocenters. The predicted octanol–water partition coefficient (Wildman–Crippen LogP) is 3.26. The van der Waals surface area contributed by atoms with Gasteiger partial charge in [0, 0.05) is 6.42 Å². The molecular weight excluding hydrogens is 227 g/mol. The molecule has 0 aliphatic heterocycles. The van der Waals surface area contributed by atoms with Crippen LogP contribution >= 0.6 is 7.60 Å². The molecule has 0 fully saturated rings. The van der Waals surface area contributed by atoms with Gasteiger partial charge in [0.05, 0.1) is 13.2 Å². The van der Waals surface area contributed by atoms with Crippen molar-refractivity contribution in [1.82, 2.24) is 0 Å². The minimum Gasteiger partial charge on any atom is -0.308 e. The smallest absolute Gasteiger partial charge is 0.308 e. The lowest BCUT2D eigenvalue weighted by Crippen LogP contribution is -2.21. The second-order valence-corrected chi connectivity index (χ2v) is 6.49. The van der Waals surface area contributed by atoms with Crippen LogP contribution < -0.4 is 0 Å². The molecule has 0 radical (unpaired) electrons. The average molecular weight is 250 g/mol. The van der Waals surface area contributed by atoms with Crippen molar-refractivity contribution in [3.63, 3.8) is 0 Å². The highest BCUT2D eigenvalue weighted by Gasteiger charge is 2.36. The third-order valence-electron chi connectivity index (χ3n) is 2.17. The number of carbonyl (C=O) groups is 1. The Bertz CT molecular complexity index is 253. The van der Waals surface area contributed by atoms with Crippen LogP contribution in [0.5, 0.6) is 0 Å². The standard InChI is InChI=1S/C11H23O4P/c1-6-14-16(13,15-7-2)10(5)11(12)8-9(3)4/h9-10H,6-8H2,1-5H3.